The summed E-state index contributed by atoms with van der Waals surface area (Å²) in [6.45, 7) is 5.15. The fraction of sp³-hybridized carbons (Fsp3) is 0.636. The second-order valence-corrected chi connectivity index (χ2v) is 4.47. The van der Waals surface area contributed by atoms with Crippen LogP contribution in [0.5, 0.6) is 5.88 Å². The van der Waals surface area contributed by atoms with Gasteiger partial charge >= 0.3 is 0 Å². The molecule has 2 heterocycles. The zero-order valence-electron chi connectivity index (χ0n) is 10.1. The quantitative estimate of drug-likeness (QED) is 0.793. The molecule has 1 aromatic heterocycles. The number of hydrogen-bond donors (Lipinski definition) is 2. The smallest absolute Gasteiger partial charge is 0.242 e. The maximum atomic E-state index is 9.51. The topological polar surface area (TPSA) is 84.5 Å². The van der Waals surface area contributed by atoms with Crippen LogP contribution in [0.4, 0.5) is 11.5 Å². The van der Waals surface area contributed by atoms with Crippen LogP contribution in [0.25, 0.3) is 0 Å². The van der Waals surface area contributed by atoms with Crippen molar-refractivity contribution in [3.63, 3.8) is 0 Å². The van der Waals surface area contributed by atoms with Crippen molar-refractivity contribution in [3.8, 4) is 5.88 Å². The van der Waals surface area contributed by atoms with Crippen molar-refractivity contribution in [2.24, 2.45) is 0 Å². The second-order valence-electron chi connectivity index (χ2n) is 4.47. The van der Waals surface area contributed by atoms with E-state index in [2.05, 4.69) is 9.97 Å². The van der Waals surface area contributed by atoms with Gasteiger partial charge in [0.05, 0.1) is 12.2 Å². The summed E-state index contributed by atoms with van der Waals surface area (Å²) in [5.41, 5.74) is 6.42. The van der Waals surface area contributed by atoms with Crippen LogP contribution < -0.4 is 15.4 Å². The minimum atomic E-state index is -0.307. The summed E-state index contributed by atoms with van der Waals surface area (Å²) in [5, 5.41) is 9.51. The molecule has 0 aliphatic carbocycles. The van der Waals surface area contributed by atoms with E-state index in [0.717, 1.165) is 13.0 Å². The number of rotatable bonds is 3. The van der Waals surface area contributed by atoms with E-state index in [0.29, 0.717) is 23.9 Å². The molecule has 2 rings (SSSR count). The van der Waals surface area contributed by atoms with Gasteiger partial charge in [0, 0.05) is 13.1 Å². The zero-order chi connectivity index (χ0) is 12.4. The van der Waals surface area contributed by atoms with Crippen LogP contribution in [0.3, 0.4) is 0 Å². The van der Waals surface area contributed by atoms with E-state index < -0.39 is 0 Å². The lowest BCUT2D eigenvalue weighted by molar-refractivity contribution is 0.198. The number of nitrogens with two attached hydrogens (primary N) is 1. The SMILES string of the molecule is CC(C)Oc1ncnc(N2CCC(O)C2)c1N. The Morgan fingerprint density at radius 3 is 2.88 bits per heavy atom. The van der Waals surface area contributed by atoms with E-state index in [4.69, 9.17) is 10.5 Å². The first kappa shape index (κ1) is 11.9. The zero-order valence-corrected chi connectivity index (χ0v) is 10.1. The maximum absolute atomic E-state index is 9.51. The number of ether oxygens (including phenoxy) is 1. The number of aromatic nitrogens is 2. The number of aliphatic hydroxyl groups is 1. The maximum Gasteiger partial charge on any atom is 0.242 e. The molecule has 0 bridgehead atoms. The van der Waals surface area contributed by atoms with Crippen LogP contribution in [0.1, 0.15) is 20.3 Å². The summed E-state index contributed by atoms with van der Waals surface area (Å²) in [4.78, 5) is 10.1. The first-order valence-electron chi connectivity index (χ1n) is 5.78. The van der Waals surface area contributed by atoms with Crippen molar-refractivity contribution >= 4 is 11.5 Å². The summed E-state index contributed by atoms with van der Waals surface area (Å²) in [6.07, 6.45) is 1.89. The highest BCUT2D eigenvalue weighted by Gasteiger charge is 2.24. The summed E-state index contributed by atoms with van der Waals surface area (Å²) in [7, 11) is 0. The molecular formula is C11H18N4O2. The number of nitrogen functional groups attached to an aromatic ring is 1. The Bertz CT molecular complexity index is 397. The van der Waals surface area contributed by atoms with Crippen molar-refractivity contribution in [3.05, 3.63) is 6.33 Å². The molecule has 1 atom stereocenters. The van der Waals surface area contributed by atoms with E-state index >= 15 is 0 Å². The Morgan fingerprint density at radius 2 is 2.29 bits per heavy atom. The Hall–Kier alpha value is -1.56. The van der Waals surface area contributed by atoms with E-state index in [1.807, 2.05) is 18.7 Å². The fourth-order valence-corrected chi connectivity index (χ4v) is 1.87. The standard InChI is InChI=1S/C11H18N4O2/c1-7(2)17-11-9(12)10(13-6-14-11)15-4-3-8(16)5-15/h6-8,16H,3-5,12H2,1-2H3. The normalized spacial score (nSPS) is 20.0. The van der Waals surface area contributed by atoms with E-state index in [-0.39, 0.29) is 12.2 Å². The van der Waals surface area contributed by atoms with Crippen molar-refractivity contribution in [2.75, 3.05) is 23.7 Å². The van der Waals surface area contributed by atoms with Gasteiger partial charge in [0.1, 0.15) is 12.0 Å². The third kappa shape index (κ3) is 2.58. The lowest BCUT2D eigenvalue weighted by atomic mass is 10.3. The predicted octanol–water partition coefficient (Wildman–Crippen LogP) is 0.417. The average Bonchev–Trinajstić information content (AvgIpc) is 2.67. The highest BCUT2D eigenvalue weighted by Crippen LogP contribution is 2.30. The van der Waals surface area contributed by atoms with E-state index in [1.165, 1.54) is 6.33 Å². The Balaban J connectivity index is 2.23. The monoisotopic (exact) mass is 238 g/mol. The molecule has 0 radical (unpaired) electrons. The van der Waals surface area contributed by atoms with Gasteiger partial charge in [-0.15, -0.1) is 0 Å². The van der Waals surface area contributed by atoms with Gasteiger partial charge in [-0.2, -0.15) is 4.98 Å². The summed E-state index contributed by atoms with van der Waals surface area (Å²) in [5.74, 6) is 1.05. The second kappa shape index (κ2) is 4.75. The van der Waals surface area contributed by atoms with Gasteiger partial charge in [-0.3, -0.25) is 0 Å². The number of nitrogens with zero attached hydrogens (tertiary/aromatic N) is 3. The van der Waals surface area contributed by atoms with Gasteiger partial charge in [0.15, 0.2) is 5.82 Å². The van der Waals surface area contributed by atoms with Crippen LogP contribution in [0, 0.1) is 0 Å². The fourth-order valence-electron chi connectivity index (χ4n) is 1.87. The number of β-amino-alcohol motifs (C(OH)–C–C–N with tert-alkyl or cyclic N) is 1. The summed E-state index contributed by atoms with van der Waals surface area (Å²) in [6, 6.07) is 0. The average molecular weight is 238 g/mol. The van der Waals surface area contributed by atoms with Crippen molar-refractivity contribution in [1.82, 2.24) is 9.97 Å². The van der Waals surface area contributed by atoms with Crippen molar-refractivity contribution in [2.45, 2.75) is 32.5 Å². The van der Waals surface area contributed by atoms with Crippen LogP contribution in [-0.4, -0.2) is 40.4 Å². The van der Waals surface area contributed by atoms with Crippen LogP contribution in [-0.2, 0) is 0 Å². The lowest BCUT2D eigenvalue weighted by Crippen LogP contribution is -2.24. The lowest BCUT2D eigenvalue weighted by Gasteiger charge is -2.20. The number of hydrogen-bond acceptors (Lipinski definition) is 6. The Kier molecular flexibility index (Phi) is 3.33. The third-order valence-electron chi connectivity index (χ3n) is 2.64. The van der Waals surface area contributed by atoms with Gasteiger partial charge in [-0.1, -0.05) is 0 Å². The molecule has 94 valence electrons. The molecular weight excluding hydrogens is 220 g/mol. The molecule has 6 heteroatoms. The van der Waals surface area contributed by atoms with Gasteiger partial charge in [0.2, 0.25) is 5.88 Å². The molecule has 17 heavy (non-hydrogen) atoms. The number of aliphatic hydroxyl groups excluding tert-OH is 1. The molecule has 0 aromatic carbocycles. The largest absolute Gasteiger partial charge is 0.473 e. The minimum absolute atomic E-state index is 0.0178. The predicted molar refractivity (Wildman–Crippen MR) is 65.0 cm³/mol. The molecule has 1 aliphatic heterocycles. The Morgan fingerprint density at radius 1 is 1.53 bits per heavy atom. The Labute approximate surface area is 100 Å². The van der Waals surface area contributed by atoms with E-state index in [1.54, 1.807) is 0 Å². The van der Waals surface area contributed by atoms with Crippen molar-refractivity contribution < 1.29 is 9.84 Å². The van der Waals surface area contributed by atoms with Crippen LogP contribution >= 0.6 is 0 Å². The molecule has 1 fully saturated rings. The summed E-state index contributed by atoms with van der Waals surface area (Å²) < 4.78 is 5.51. The molecule has 1 unspecified atom stereocenters. The molecule has 0 amide bonds. The van der Waals surface area contributed by atoms with Gasteiger partial charge < -0.3 is 20.5 Å². The molecule has 0 spiro atoms. The van der Waals surface area contributed by atoms with Crippen LogP contribution in [0.15, 0.2) is 6.33 Å². The highest BCUT2D eigenvalue weighted by molar-refractivity contribution is 5.68. The molecule has 0 saturated carbocycles. The van der Waals surface area contributed by atoms with E-state index in [9.17, 15) is 5.11 Å². The molecule has 1 aliphatic rings. The number of anilines is 2. The van der Waals surface area contributed by atoms with Gasteiger partial charge in [0.25, 0.3) is 0 Å². The van der Waals surface area contributed by atoms with Crippen LogP contribution in [0.2, 0.25) is 0 Å². The third-order valence-corrected chi connectivity index (χ3v) is 2.64. The molecule has 1 aromatic rings. The first-order valence-corrected chi connectivity index (χ1v) is 5.78. The highest BCUT2D eigenvalue weighted by atomic mass is 16.5. The summed E-state index contributed by atoms with van der Waals surface area (Å²) >= 11 is 0. The van der Waals surface area contributed by atoms with Gasteiger partial charge in [-0.05, 0) is 20.3 Å². The molecule has 1 saturated heterocycles. The van der Waals surface area contributed by atoms with Gasteiger partial charge in [-0.25, -0.2) is 4.98 Å². The first-order chi connectivity index (χ1) is 8.08. The van der Waals surface area contributed by atoms with Crippen molar-refractivity contribution in [1.29, 1.82) is 0 Å². The minimum Gasteiger partial charge on any atom is -0.473 e. The molecule has 3 N–H and O–H groups in total. The molecule has 6 nitrogen and oxygen atoms in total.